The van der Waals surface area contributed by atoms with E-state index in [2.05, 4.69) is 15.0 Å². The summed E-state index contributed by atoms with van der Waals surface area (Å²) in [6, 6.07) is 12.4. The van der Waals surface area contributed by atoms with Gasteiger partial charge in [-0.3, -0.25) is 9.78 Å². The van der Waals surface area contributed by atoms with Crippen molar-refractivity contribution >= 4 is 11.9 Å². The fourth-order valence-electron chi connectivity index (χ4n) is 1.64. The van der Waals surface area contributed by atoms with Crippen molar-refractivity contribution in [3.63, 3.8) is 0 Å². The molecule has 0 spiro atoms. The quantitative estimate of drug-likeness (QED) is 0.276. The van der Waals surface area contributed by atoms with Gasteiger partial charge in [-0.2, -0.15) is 0 Å². The Balaban J connectivity index is 2.38. The minimum Gasteiger partial charge on any atom is -0.289 e. The van der Waals surface area contributed by atoms with Crippen LogP contribution in [0.4, 0.5) is 0 Å². The largest absolute Gasteiger partial charge is 0.289 e. The number of nitrogens with zero attached hydrogens (tertiary/aromatic N) is 4. The molecule has 0 aliphatic carbocycles. The Hall–Kier alpha value is -2.91. The summed E-state index contributed by atoms with van der Waals surface area (Å²) < 4.78 is 0. The van der Waals surface area contributed by atoms with Crippen LogP contribution in [0.3, 0.4) is 0 Å². The number of Topliss-reactive ketones (excluding diaryl/α,β-unsaturated/α-hetero) is 1. The fraction of sp³-hybridized carbons (Fsp3) is 0.0667. The van der Waals surface area contributed by atoms with Crippen LogP contribution in [0.1, 0.15) is 21.6 Å². The number of hydrogen-bond acceptors (Lipinski definition) is 3. The van der Waals surface area contributed by atoms with E-state index in [0.29, 0.717) is 11.3 Å². The second-order valence-corrected chi connectivity index (χ2v) is 4.17. The molecule has 5 nitrogen and oxygen atoms in total. The Morgan fingerprint density at radius 2 is 2.00 bits per heavy atom. The van der Waals surface area contributed by atoms with E-state index >= 15 is 0 Å². The average Bonchev–Trinajstić information content (AvgIpc) is 2.48. The van der Waals surface area contributed by atoms with E-state index in [1.54, 1.807) is 36.5 Å². The first kappa shape index (κ1) is 13.5. The molecule has 0 aliphatic rings. The van der Waals surface area contributed by atoms with Gasteiger partial charge < -0.3 is 0 Å². The average molecular weight is 264 g/mol. The summed E-state index contributed by atoms with van der Waals surface area (Å²) in [7, 11) is 0. The number of allylic oxidation sites excluding steroid dienone is 1. The number of benzene rings is 1. The minimum atomic E-state index is -0.326. The predicted molar refractivity (Wildman–Crippen MR) is 76.9 cm³/mol. The van der Waals surface area contributed by atoms with Gasteiger partial charge in [0.1, 0.15) is 0 Å². The number of aryl methyl sites for hydroxylation is 1. The third-order valence-corrected chi connectivity index (χ3v) is 2.67. The van der Waals surface area contributed by atoms with Crippen molar-refractivity contribution in [2.75, 3.05) is 0 Å². The molecule has 20 heavy (non-hydrogen) atoms. The summed E-state index contributed by atoms with van der Waals surface area (Å²) in [5.74, 6) is -0.326. The molecule has 1 aromatic carbocycles. The van der Waals surface area contributed by atoms with Gasteiger partial charge in [0.15, 0.2) is 5.78 Å². The first-order valence-corrected chi connectivity index (χ1v) is 6.00. The summed E-state index contributed by atoms with van der Waals surface area (Å²) >= 11 is 0. The lowest BCUT2D eigenvalue weighted by molar-refractivity contribution is 0.103. The van der Waals surface area contributed by atoms with E-state index in [0.717, 1.165) is 5.56 Å². The molecule has 0 aliphatic heterocycles. The number of aromatic nitrogens is 1. The highest BCUT2D eigenvalue weighted by molar-refractivity contribution is 6.10. The van der Waals surface area contributed by atoms with Crippen molar-refractivity contribution in [2.24, 2.45) is 5.11 Å². The molecule has 1 heterocycles. The predicted octanol–water partition coefficient (Wildman–Crippen LogP) is 3.92. The minimum absolute atomic E-state index is 0.0232. The molecule has 0 N–H and O–H groups in total. The monoisotopic (exact) mass is 264 g/mol. The van der Waals surface area contributed by atoms with E-state index in [1.165, 1.54) is 6.08 Å². The fourth-order valence-corrected chi connectivity index (χ4v) is 1.64. The Labute approximate surface area is 116 Å². The number of hydrogen-bond donors (Lipinski definition) is 0. The van der Waals surface area contributed by atoms with Crippen LogP contribution in [0.2, 0.25) is 0 Å². The van der Waals surface area contributed by atoms with Crippen molar-refractivity contribution in [1.82, 2.24) is 4.98 Å². The number of ketones is 1. The van der Waals surface area contributed by atoms with Crippen molar-refractivity contribution in [3.05, 3.63) is 81.6 Å². The molecule has 0 fully saturated rings. The van der Waals surface area contributed by atoms with Gasteiger partial charge in [0.25, 0.3) is 0 Å². The molecule has 0 saturated heterocycles. The van der Waals surface area contributed by atoms with Crippen LogP contribution in [0.25, 0.3) is 16.5 Å². The second kappa shape index (κ2) is 6.31. The first-order valence-electron chi connectivity index (χ1n) is 6.00. The third kappa shape index (κ3) is 3.31. The number of carbonyl (C=O) groups excluding carboxylic acids is 1. The molecule has 0 amide bonds. The van der Waals surface area contributed by atoms with Gasteiger partial charge in [0.2, 0.25) is 0 Å². The molecular formula is C15H12N4O. The summed E-state index contributed by atoms with van der Waals surface area (Å²) in [5, 5.41) is 3.47. The standard InChI is InChI=1S/C15H12N4O/c1-11-5-7-12(8-6-11)15(20)14(18-19-16)10-13-4-2-3-9-17-13/h2-10H,1H3/b14-10+. The van der Waals surface area contributed by atoms with Crippen molar-refractivity contribution in [1.29, 1.82) is 0 Å². The van der Waals surface area contributed by atoms with Crippen molar-refractivity contribution in [2.45, 2.75) is 6.92 Å². The third-order valence-electron chi connectivity index (χ3n) is 2.67. The second-order valence-electron chi connectivity index (χ2n) is 4.17. The molecular weight excluding hydrogens is 252 g/mol. The van der Waals surface area contributed by atoms with Crippen LogP contribution in [0, 0.1) is 6.92 Å². The van der Waals surface area contributed by atoms with Crippen LogP contribution in [0.15, 0.2) is 59.5 Å². The molecule has 98 valence electrons. The number of carbonyl (C=O) groups is 1. The zero-order valence-electron chi connectivity index (χ0n) is 10.9. The van der Waals surface area contributed by atoms with Gasteiger partial charge in [0.05, 0.1) is 11.4 Å². The zero-order valence-corrected chi connectivity index (χ0v) is 10.9. The van der Waals surface area contributed by atoms with Gasteiger partial charge in [-0.1, -0.05) is 41.0 Å². The van der Waals surface area contributed by atoms with Crippen LogP contribution >= 0.6 is 0 Å². The summed E-state index contributed by atoms with van der Waals surface area (Å²) in [6.07, 6.45) is 3.08. The smallest absolute Gasteiger partial charge is 0.195 e. The summed E-state index contributed by atoms with van der Waals surface area (Å²) in [5.41, 5.74) is 10.7. The summed E-state index contributed by atoms with van der Waals surface area (Å²) in [4.78, 5) is 19.1. The van der Waals surface area contributed by atoms with Crippen LogP contribution < -0.4 is 0 Å². The van der Waals surface area contributed by atoms with Gasteiger partial charge in [0, 0.05) is 16.7 Å². The molecule has 0 atom stereocenters. The lowest BCUT2D eigenvalue weighted by Crippen LogP contribution is -2.01. The van der Waals surface area contributed by atoms with Crippen LogP contribution in [-0.2, 0) is 0 Å². The topological polar surface area (TPSA) is 78.7 Å². The highest BCUT2D eigenvalue weighted by Crippen LogP contribution is 2.14. The summed E-state index contributed by atoms with van der Waals surface area (Å²) in [6.45, 7) is 1.94. The lowest BCUT2D eigenvalue weighted by atomic mass is 10.1. The number of rotatable bonds is 4. The maximum atomic E-state index is 12.3. The Morgan fingerprint density at radius 3 is 2.60 bits per heavy atom. The maximum absolute atomic E-state index is 12.3. The van der Waals surface area contributed by atoms with Crippen molar-refractivity contribution < 1.29 is 4.79 Å². The van der Waals surface area contributed by atoms with E-state index in [9.17, 15) is 4.79 Å². The van der Waals surface area contributed by atoms with Gasteiger partial charge in [-0.15, -0.1) is 0 Å². The SMILES string of the molecule is Cc1ccc(C(=O)/C(=C\c2ccccn2)N=[N+]=[N-])cc1. The van der Waals surface area contributed by atoms with Crippen LogP contribution in [0.5, 0.6) is 0 Å². The van der Waals surface area contributed by atoms with E-state index < -0.39 is 0 Å². The molecule has 2 aromatic rings. The van der Waals surface area contributed by atoms with Crippen molar-refractivity contribution in [3.8, 4) is 0 Å². The van der Waals surface area contributed by atoms with E-state index in [4.69, 9.17) is 5.53 Å². The van der Waals surface area contributed by atoms with E-state index in [1.807, 2.05) is 19.1 Å². The highest BCUT2D eigenvalue weighted by Gasteiger charge is 2.11. The maximum Gasteiger partial charge on any atom is 0.195 e. The molecule has 0 radical (unpaired) electrons. The number of pyridine rings is 1. The molecule has 0 saturated carbocycles. The highest BCUT2D eigenvalue weighted by atomic mass is 16.1. The van der Waals surface area contributed by atoms with Gasteiger partial charge >= 0.3 is 0 Å². The molecule has 1 aromatic heterocycles. The number of azide groups is 1. The normalized spacial score (nSPS) is 10.8. The Kier molecular flexibility index (Phi) is 4.27. The molecule has 2 rings (SSSR count). The van der Waals surface area contributed by atoms with E-state index in [-0.39, 0.29) is 11.5 Å². The molecule has 0 bridgehead atoms. The zero-order chi connectivity index (χ0) is 14.4. The first-order chi connectivity index (χ1) is 9.70. The lowest BCUT2D eigenvalue weighted by Gasteiger charge is -2.02. The molecule has 5 heteroatoms. The Morgan fingerprint density at radius 1 is 1.25 bits per heavy atom. The van der Waals surface area contributed by atoms with Gasteiger partial charge in [-0.25, -0.2) is 0 Å². The van der Waals surface area contributed by atoms with Gasteiger partial charge in [-0.05, 0) is 30.7 Å². The molecule has 0 unspecified atom stereocenters. The van der Waals surface area contributed by atoms with Crippen LogP contribution in [-0.4, -0.2) is 10.8 Å². The Bertz CT molecular complexity index is 684.